The van der Waals surface area contributed by atoms with Crippen LogP contribution in [0, 0.1) is 0 Å². The lowest BCUT2D eigenvalue weighted by Crippen LogP contribution is -2.24. The molecule has 9 heavy (non-hydrogen) atoms. The van der Waals surface area contributed by atoms with Gasteiger partial charge in [-0.15, -0.1) is 0 Å². The highest BCUT2D eigenvalue weighted by Crippen LogP contribution is 1.96. The van der Waals surface area contributed by atoms with E-state index in [-0.39, 0.29) is 0 Å². The van der Waals surface area contributed by atoms with Gasteiger partial charge >= 0.3 is 0 Å². The molecule has 4 N–H and O–H groups in total. The number of hydrogen-bond acceptors (Lipinski definition) is 3. The van der Waals surface area contributed by atoms with E-state index in [1.54, 1.807) is 0 Å². The zero-order chi connectivity index (χ0) is 6.53. The summed E-state index contributed by atoms with van der Waals surface area (Å²) in [6, 6.07) is 0.675. The van der Waals surface area contributed by atoms with Crippen LogP contribution >= 0.6 is 0 Å². The van der Waals surface area contributed by atoms with Crippen LogP contribution in [0.1, 0.15) is 12.8 Å². The molecule has 3 nitrogen and oxygen atoms in total. The summed E-state index contributed by atoms with van der Waals surface area (Å²) in [5, 5.41) is 6.55. The second-order valence-electron chi connectivity index (χ2n) is 2.46. The lowest BCUT2D eigenvalue weighted by molar-refractivity contribution is 0.561. The highest BCUT2D eigenvalue weighted by molar-refractivity contribution is 4.74. The van der Waals surface area contributed by atoms with E-state index in [9.17, 15) is 0 Å². The van der Waals surface area contributed by atoms with Gasteiger partial charge in [-0.25, -0.2) is 0 Å². The second kappa shape index (κ2) is 3.82. The van der Waals surface area contributed by atoms with E-state index in [1.165, 1.54) is 6.42 Å². The molecule has 0 aliphatic carbocycles. The number of hydrogen-bond donors (Lipinski definition) is 3. The maximum absolute atomic E-state index is 5.36. The van der Waals surface area contributed by atoms with E-state index in [2.05, 4.69) is 10.6 Å². The molecule has 0 aromatic carbocycles. The summed E-state index contributed by atoms with van der Waals surface area (Å²) in [5.74, 6) is 0. The average Bonchev–Trinajstić information content (AvgIpc) is 2.34. The molecule has 0 aromatic rings. The van der Waals surface area contributed by atoms with Crippen molar-refractivity contribution in [1.29, 1.82) is 0 Å². The van der Waals surface area contributed by atoms with Crippen molar-refractivity contribution in [2.45, 2.75) is 18.9 Å². The van der Waals surface area contributed by atoms with Crippen LogP contribution in [0.5, 0.6) is 0 Å². The van der Waals surface area contributed by atoms with Crippen molar-refractivity contribution in [2.24, 2.45) is 5.73 Å². The molecule has 0 bridgehead atoms. The Morgan fingerprint density at radius 3 is 3.00 bits per heavy atom. The molecular formula is C6H15N3. The largest absolute Gasteiger partial charge is 0.330 e. The summed E-state index contributed by atoms with van der Waals surface area (Å²) < 4.78 is 0. The highest BCUT2D eigenvalue weighted by atomic mass is 15.2. The Hall–Kier alpha value is -0.120. The Balaban J connectivity index is 1.98. The molecular weight excluding hydrogens is 114 g/mol. The van der Waals surface area contributed by atoms with Gasteiger partial charge in [0.1, 0.15) is 0 Å². The Morgan fingerprint density at radius 1 is 1.56 bits per heavy atom. The van der Waals surface area contributed by atoms with Crippen LogP contribution in [0.2, 0.25) is 0 Å². The van der Waals surface area contributed by atoms with Crippen molar-refractivity contribution in [3.8, 4) is 0 Å². The van der Waals surface area contributed by atoms with Gasteiger partial charge in [-0.3, -0.25) is 0 Å². The molecule has 0 amide bonds. The van der Waals surface area contributed by atoms with Gasteiger partial charge in [0.15, 0.2) is 0 Å². The minimum Gasteiger partial charge on any atom is -0.330 e. The van der Waals surface area contributed by atoms with Gasteiger partial charge in [0.05, 0.1) is 0 Å². The van der Waals surface area contributed by atoms with E-state index < -0.39 is 0 Å². The molecule has 1 aliphatic heterocycles. The number of nitrogens with one attached hydrogen (secondary N) is 2. The molecule has 0 unspecified atom stereocenters. The lowest BCUT2D eigenvalue weighted by Gasteiger charge is -2.05. The molecule has 1 heterocycles. The molecule has 0 aromatic heterocycles. The third-order valence-electron chi connectivity index (χ3n) is 1.66. The van der Waals surface area contributed by atoms with Crippen molar-refractivity contribution < 1.29 is 0 Å². The van der Waals surface area contributed by atoms with Gasteiger partial charge in [-0.05, 0) is 19.4 Å². The van der Waals surface area contributed by atoms with Crippen LogP contribution in [-0.2, 0) is 0 Å². The van der Waals surface area contributed by atoms with Gasteiger partial charge in [0.25, 0.3) is 0 Å². The number of rotatable bonds is 3. The van der Waals surface area contributed by atoms with Gasteiger partial charge in [0, 0.05) is 19.3 Å². The normalized spacial score (nSPS) is 27.0. The minimum atomic E-state index is 0.675. The van der Waals surface area contributed by atoms with Crippen molar-refractivity contribution in [2.75, 3.05) is 19.8 Å². The van der Waals surface area contributed by atoms with E-state index in [0.717, 1.165) is 26.2 Å². The fraction of sp³-hybridized carbons (Fsp3) is 1.00. The van der Waals surface area contributed by atoms with E-state index in [4.69, 9.17) is 5.73 Å². The lowest BCUT2D eigenvalue weighted by atomic mass is 10.2. The van der Waals surface area contributed by atoms with Crippen molar-refractivity contribution in [3.05, 3.63) is 0 Å². The molecule has 1 saturated heterocycles. The fourth-order valence-corrected chi connectivity index (χ4v) is 1.10. The first-order valence-corrected chi connectivity index (χ1v) is 3.57. The standard InChI is InChI=1S/C6H15N3/c7-3-1-2-6-4-8-5-9-6/h6,8-9H,1-5,7H2/t6-/m0/s1. The van der Waals surface area contributed by atoms with Crippen LogP contribution in [0.25, 0.3) is 0 Å². The SMILES string of the molecule is NCCC[C@H]1CNCN1. The smallest absolute Gasteiger partial charge is 0.0457 e. The summed E-state index contributed by atoms with van der Waals surface area (Å²) >= 11 is 0. The topological polar surface area (TPSA) is 50.1 Å². The van der Waals surface area contributed by atoms with Gasteiger partial charge in [-0.1, -0.05) is 0 Å². The quantitative estimate of drug-likeness (QED) is 0.469. The second-order valence-corrected chi connectivity index (χ2v) is 2.46. The Labute approximate surface area is 56.0 Å². The zero-order valence-electron chi connectivity index (χ0n) is 5.69. The molecule has 54 valence electrons. The van der Waals surface area contributed by atoms with Crippen LogP contribution in [0.15, 0.2) is 0 Å². The van der Waals surface area contributed by atoms with Crippen molar-refractivity contribution in [3.63, 3.8) is 0 Å². The summed E-state index contributed by atoms with van der Waals surface area (Å²) in [5.41, 5.74) is 5.36. The van der Waals surface area contributed by atoms with Crippen molar-refractivity contribution in [1.82, 2.24) is 10.6 Å². The first kappa shape index (κ1) is 6.99. The van der Waals surface area contributed by atoms with Gasteiger partial charge in [-0.2, -0.15) is 0 Å². The van der Waals surface area contributed by atoms with Crippen LogP contribution < -0.4 is 16.4 Å². The summed E-state index contributed by atoms with van der Waals surface area (Å²) in [4.78, 5) is 0. The van der Waals surface area contributed by atoms with Gasteiger partial charge in [0.2, 0.25) is 0 Å². The molecule has 3 heteroatoms. The van der Waals surface area contributed by atoms with Gasteiger partial charge < -0.3 is 16.4 Å². The van der Waals surface area contributed by atoms with Crippen LogP contribution in [0.3, 0.4) is 0 Å². The fourth-order valence-electron chi connectivity index (χ4n) is 1.10. The van der Waals surface area contributed by atoms with E-state index in [1.807, 2.05) is 0 Å². The summed E-state index contributed by atoms with van der Waals surface area (Å²) in [7, 11) is 0. The molecule has 0 saturated carbocycles. The minimum absolute atomic E-state index is 0.675. The molecule has 1 fully saturated rings. The molecule has 1 atom stereocenters. The van der Waals surface area contributed by atoms with E-state index >= 15 is 0 Å². The third kappa shape index (κ3) is 2.30. The first-order valence-electron chi connectivity index (χ1n) is 3.57. The van der Waals surface area contributed by atoms with E-state index in [0.29, 0.717) is 6.04 Å². The van der Waals surface area contributed by atoms with Crippen LogP contribution in [0.4, 0.5) is 0 Å². The number of nitrogens with two attached hydrogens (primary N) is 1. The zero-order valence-corrected chi connectivity index (χ0v) is 5.69. The molecule has 1 aliphatic rings. The molecule has 0 radical (unpaired) electrons. The van der Waals surface area contributed by atoms with Crippen molar-refractivity contribution >= 4 is 0 Å². The maximum atomic E-state index is 5.36. The first-order chi connectivity index (χ1) is 4.43. The average molecular weight is 129 g/mol. The Morgan fingerprint density at radius 2 is 2.44 bits per heavy atom. The maximum Gasteiger partial charge on any atom is 0.0457 e. The predicted molar refractivity (Wildman–Crippen MR) is 38.1 cm³/mol. The highest BCUT2D eigenvalue weighted by Gasteiger charge is 2.11. The monoisotopic (exact) mass is 129 g/mol. The summed E-state index contributed by atoms with van der Waals surface area (Å²) in [6.45, 7) is 2.90. The molecule has 0 spiro atoms. The predicted octanol–water partition coefficient (Wildman–Crippen LogP) is -0.756. The third-order valence-corrected chi connectivity index (χ3v) is 1.66. The molecule has 1 rings (SSSR count). The summed E-state index contributed by atoms with van der Waals surface area (Å²) in [6.07, 6.45) is 2.35. The Kier molecular flexibility index (Phi) is 2.97. The Bertz CT molecular complexity index is 68.7. The van der Waals surface area contributed by atoms with Crippen LogP contribution in [-0.4, -0.2) is 25.8 Å².